The highest BCUT2D eigenvalue weighted by atomic mass is 79.9. The van der Waals surface area contributed by atoms with Crippen LogP contribution in [0, 0.1) is 0 Å². The molecule has 0 spiro atoms. The summed E-state index contributed by atoms with van der Waals surface area (Å²) < 4.78 is 6.67. The van der Waals surface area contributed by atoms with E-state index < -0.39 is 0 Å². The number of nitrogens with zero attached hydrogens (tertiary/aromatic N) is 3. The van der Waals surface area contributed by atoms with Crippen LogP contribution < -0.4 is 10.1 Å². The monoisotopic (exact) mass is 458 g/mol. The third-order valence-corrected chi connectivity index (χ3v) is 5.52. The zero-order valence-electron chi connectivity index (χ0n) is 16.0. The van der Waals surface area contributed by atoms with Gasteiger partial charge >= 0.3 is 0 Å². The number of carbonyl (C=O) groups excluding carboxylic acids is 2. The van der Waals surface area contributed by atoms with Crippen molar-refractivity contribution in [1.82, 2.24) is 20.1 Å². The lowest BCUT2D eigenvalue weighted by Crippen LogP contribution is -2.51. The normalized spacial score (nSPS) is 17.1. The minimum Gasteiger partial charge on any atom is -0.439 e. The van der Waals surface area contributed by atoms with Crippen LogP contribution >= 0.6 is 15.9 Å². The number of amides is 2. The van der Waals surface area contributed by atoms with Crippen LogP contribution in [-0.2, 0) is 4.79 Å². The Kier molecular flexibility index (Phi) is 6.10. The molecule has 29 heavy (non-hydrogen) atoms. The SMILES string of the molecule is O=C(CN1CCN(C(=O)c2ccc(Oc3ccc(Br)cc3)nc2)CC1)NC1CC1. The van der Waals surface area contributed by atoms with Gasteiger partial charge in [0.25, 0.3) is 5.91 Å². The Morgan fingerprint density at radius 3 is 2.41 bits per heavy atom. The summed E-state index contributed by atoms with van der Waals surface area (Å²) >= 11 is 3.39. The van der Waals surface area contributed by atoms with Crippen LogP contribution in [0.5, 0.6) is 11.6 Å². The van der Waals surface area contributed by atoms with Crippen molar-refractivity contribution >= 4 is 27.7 Å². The van der Waals surface area contributed by atoms with Crippen LogP contribution in [-0.4, -0.2) is 65.4 Å². The highest BCUT2D eigenvalue weighted by Crippen LogP contribution is 2.22. The Bertz CT molecular complexity index is 860. The second-order valence-corrected chi connectivity index (χ2v) is 8.27. The molecule has 1 aromatic heterocycles. The molecule has 2 fully saturated rings. The number of ether oxygens (including phenoxy) is 1. The molecular weight excluding hydrogens is 436 g/mol. The predicted molar refractivity (Wildman–Crippen MR) is 112 cm³/mol. The first-order chi connectivity index (χ1) is 14.1. The van der Waals surface area contributed by atoms with Crippen LogP contribution in [0.1, 0.15) is 23.2 Å². The molecule has 1 aromatic carbocycles. The first-order valence-corrected chi connectivity index (χ1v) is 10.6. The molecule has 2 aromatic rings. The Hall–Kier alpha value is -2.45. The molecule has 0 bridgehead atoms. The van der Waals surface area contributed by atoms with E-state index in [2.05, 4.69) is 31.1 Å². The van der Waals surface area contributed by atoms with Crippen LogP contribution in [0.4, 0.5) is 0 Å². The van der Waals surface area contributed by atoms with Gasteiger partial charge < -0.3 is 15.0 Å². The van der Waals surface area contributed by atoms with Gasteiger partial charge in [0, 0.05) is 49.0 Å². The van der Waals surface area contributed by atoms with Gasteiger partial charge in [0.1, 0.15) is 5.75 Å². The van der Waals surface area contributed by atoms with E-state index in [1.807, 2.05) is 29.2 Å². The molecule has 2 heterocycles. The number of rotatable bonds is 6. The summed E-state index contributed by atoms with van der Waals surface area (Å²) in [7, 11) is 0. The van der Waals surface area contributed by atoms with E-state index in [-0.39, 0.29) is 11.8 Å². The van der Waals surface area contributed by atoms with Gasteiger partial charge in [-0.3, -0.25) is 14.5 Å². The number of halogens is 1. The molecule has 8 heteroatoms. The smallest absolute Gasteiger partial charge is 0.255 e. The van der Waals surface area contributed by atoms with E-state index in [0.717, 1.165) is 17.3 Å². The summed E-state index contributed by atoms with van der Waals surface area (Å²) in [5.74, 6) is 1.16. The summed E-state index contributed by atoms with van der Waals surface area (Å²) in [6.07, 6.45) is 3.73. The van der Waals surface area contributed by atoms with E-state index in [1.54, 1.807) is 18.3 Å². The Morgan fingerprint density at radius 2 is 1.79 bits per heavy atom. The molecule has 2 amide bonds. The summed E-state index contributed by atoms with van der Waals surface area (Å²) in [6.45, 7) is 3.01. The van der Waals surface area contributed by atoms with E-state index >= 15 is 0 Å². The van der Waals surface area contributed by atoms with E-state index in [1.165, 1.54) is 0 Å². The molecule has 1 aliphatic carbocycles. The Labute approximate surface area is 178 Å². The van der Waals surface area contributed by atoms with Crippen molar-refractivity contribution in [1.29, 1.82) is 0 Å². The molecule has 0 atom stereocenters. The topological polar surface area (TPSA) is 74.8 Å². The summed E-state index contributed by atoms with van der Waals surface area (Å²) in [4.78, 5) is 32.8. The second kappa shape index (κ2) is 8.92. The lowest BCUT2D eigenvalue weighted by Gasteiger charge is -2.34. The fourth-order valence-electron chi connectivity index (χ4n) is 3.19. The fourth-order valence-corrected chi connectivity index (χ4v) is 3.45. The highest BCUT2D eigenvalue weighted by Gasteiger charge is 2.26. The first-order valence-electron chi connectivity index (χ1n) is 9.77. The van der Waals surface area contributed by atoms with Crippen molar-refractivity contribution in [3.63, 3.8) is 0 Å². The molecule has 1 aliphatic heterocycles. The summed E-state index contributed by atoms with van der Waals surface area (Å²) in [5, 5.41) is 3.00. The molecular formula is C21H23BrN4O3. The standard InChI is InChI=1S/C21H23BrN4O3/c22-16-2-6-18(7-3-16)29-20-8-1-15(13-23-20)21(28)26-11-9-25(10-12-26)14-19(27)24-17-4-5-17/h1-3,6-8,13,17H,4-5,9-12,14H2,(H,24,27). The molecule has 0 unspecified atom stereocenters. The number of pyridine rings is 1. The largest absolute Gasteiger partial charge is 0.439 e. The minimum atomic E-state index is -0.0465. The number of piperazine rings is 1. The second-order valence-electron chi connectivity index (χ2n) is 7.35. The zero-order chi connectivity index (χ0) is 20.2. The van der Waals surface area contributed by atoms with Crippen LogP contribution in [0.25, 0.3) is 0 Å². The number of nitrogens with one attached hydrogen (secondary N) is 1. The van der Waals surface area contributed by atoms with E-state index in [4.69, 9.17) is 4.74 Å². The first kappa shape index (κ1) is 19.8. The third kappa shape index (κ3) is 5.55. The molecule has 152 valence electrons. The lowest BCUT2D eigenvalue weighted by molar-refractivity contribution is -0.122. The van der Waals surface area contributed by atoms with Gasteiger partial charge in [-0.05, 0) is 43.2 Å². The predicted octanol–water partition coefficient (Wildman–Crippen LogP) is 2.67. The van der Waals surface area contributed by atoms with Gasteiger partial charge in [0.05, 0.1) is 12.1 Å². The van der Waals surface area contributed by atoms with E-state index in [0.29, 0.717) is 56.0 Å². The number of hydrogen-bond acceptors (Lipinski definition) is 5. The zero-order valence-corrected chi connectivity index (χ0v) is 17.6. The molecule has 1 N–H and O–H groups in total. The fraction of sp³-hybridized carbons (Fsp3) is 0.381. The van der Waals surface area contributed by atoms with Crippen molar-refractivity contribution in [2.24, 2.45) is 0 Å². The molecule has 4 rings (SSSR count). The van der Waals surface area contributed by atoms with Crippen molar-refractivity contribution in [2.45, 2.75) is 18.9 Å². The molecule has 1 saturated carbocycles. The van der Waals surface area contributed by atoms with Gasteiger partial charge in [-0.15, -0.1) is 0 Å². The maximum atomic E-state index is 12.7. The van der Waals surface area contributed by atoms with Gasteiger partial charge in [-0.2, -0.15) is 0 Å². The van der Waals surface area contributed by atoms with Crippen molar-refractivity contribution in [3.8, 4) is 11.6 Å². The van der Waals surface area contributed by atoms with E-state index in [9.17, 15) is 9.59 Å². The number of hydrogen-bond donors (Lipinski definition) is 1. The van der Waals surface area contributed by atoms with Crippen LogP contribution in [0.3, 0.4) is 0 Å². The highest BCUT2D eigenvalue weighted by molar-refractivity contribution is 9.10. The van der Waals surface area contributed by atoms with Gasteiger partial charge in [0.15, 0.2) is 0 Å². The number of carbonyl (C=O) groups is 2. The number of benzene rings is 1. The average Bonchev–Trinajstić information content (AvgIpc) is 3.54. The summed E-state index contributed by atoms with van der Waals surface area (Å²) in [5.41, 5.74) is 0.535. The quantitative estimate of drug-likeness (QED) is 0.719. The summed E-state index contributed by atoms with van der Waals surface area (Å²) in [6, 6.07) is 11.3. The van der Waals surface area contributed by atoms with Crippen molar-refractivity contribution < 1.29 is 14.3 Å². The van der Waals surface area contributed by atoms with Crippen molar-refractivity contribution in [2.75, 3.05) is 32.7 Å². The third-order valence-electron chi connectivity index (χ3n) is 4.99. The van der Waals surface area contributed by atoms with Crippen LogP contribution in [0.15, 0.2) is 47.1 Å². The van der Waals surface area contributed by atoms with Gasteiger partial charge in [0.2, 0.25) is 11.8 Å². The lowest BCUT2D eigenvalue weighted by atomic mass is 10.2. The van der Waals surface area contributed by atoms with Crippen LogP contribution in [0.2, 0.25) is 0 Å². The molecule has 0 radical (unpaired) electrons. The molecule has 7 nitrogen and oxygen atoms in total. The maximum absolute atomic E-state index is 12.7. The molecule has 1 saturated heterocycles. The van der Waals surface area contributed by atoms with Gasteiger partial charge in [-0.25, -0.2) is 4.98 Å². The van der Waals surface area contributed by atoms with Crippen molar-refractivity contribution in [3.05, 3.63) is 52.6 Å². The van der Waals surface area contributed by atoms with Gasteiger partial charge in [-0.1, -0.05) is 15.9 Å². The number of aromatic nitrogens is 1. The minimum absolute atomic E-state index is 0.0465. The Morgan fingerprint density at radius 1 is 1.07 bits per heavy atom. The average molecular weight is 459 g/mol. The Balaban J connectivity index is 1.27. The maximum Gasteiger partial charge on any atom is 0.255 e. The molecule has 2 aliphatic rings.